The van der Waals surface area contributed by atoms with E-state index in [4.69, 9.17) is 4.74 Å². The summed E-state index contributed by atoms with van der Waals surface area (Å²) in [6.07, 6.45) is 0.455. The van der Waals surface area contributed by atoms with E-state index in [1.165, 1.54) is 19.2 Å². The van der Waals surface area contributed by atoms with Crippen molar-refractivity contribution in [2.24, 2.45) is 0 Å². The maximum absolute atomic E-state index is 13.7. The molecule has 2 aromatic rings. The summed E-state index contributed by atoms with van der Waals surface area (Å²) < 4.78 is 44.9. The molecule has 0 bridgehead atoms. The molecular weight excluding hydrogens is 407 g/mol. The first kappa shape index (κ1) is 22.7. The quantitative estimate of drug-likeness (QED) is 0.396. The van der Waals surface area contributed by atoms with Crippen LogP contribution < -0.4 is 10.1 Å². The second-order valence-electron chi connectivity index (χ2n) is 6.14. The smallest absolute Gasteiger partial charge is 0.311 e. The van der Waals surface area contributed by atoms with Crippen molar-refractivity contribution in [2.75, 3.05) is 25.5 Å². The first-order valence-electron chi connectivity index (χ1n) is 8.74. The number of carbonyl (C=O) groups excluding carboxylic acids is 2. The first-order valence-corrected chi connectivity index (χ1v) is 8.74. The van der Waals surface area contributed by atoms with E-state index in [2.05, 4.69) is 5.32 Å². The summed E-state index contributed by atoms with van der Waals surface area (Å²) in [4.78, 5) is 36.5. The van der Waals surface area contributed by atoms with Gasteiger partial charge in [-0.3, -0.25) is 19.7 Å². The number of benzene rings is 2. The van der Waals surface area contributed by atoms with Gasteiger partial charge in [0, 0.05) is 18.2 Å². The maximum Gasteiger partial charge on any atom is 0.311 e. The van der Waals surface area contributed by atoms with Gasteiger partial charge in [0.2, 0.25) is 5.91 Å². The lowest BCUT2D eigenvalue weighted by Gasteiger charge is -2.22. The fraction of sp³-hybridized carbons (Fsp3) is 0.263. The van der Waals surface area contributed by atoms with E-state index in [-0.39, 0.29) is 17.9 Å². The number of methoxy groups -OCH3 is 1. The van der Waals surface area contributed by atoms with Crippen LogP contribution in [0.4, 0.5) is 24.5 Å². The topological polar surface area (TPSA) is 102 Å². The van der Waals surface area contributed by atoms with Gasteiger partial charge < -0.3 is 15.0 Å². The Balaban J connectivity index is 2.22. The number of nitro benzene ring substituents is 1. The Morgan fingerprint density at radius 1 is 1.17 bits per heavy atom. The molecule has 8 nitrogen and oxygen atoms in total. The van der Waals surface area contributed by atoms with Crippen LogP contribution in [0.1, 0.15) is 23.7 Å². The SMILES string of the molecule is CCCN(CC(=O)Nc1ccc(F)c(F)c1F)C(=O)c1ccc(OC)c([N+](=O)[O-])c1. The molecule has 0 atom stereocenters. The number of rotatable bonds is 8. The van der Waals surface area contributed by atoms with Gasteiger partial charge in [-0.25, -0.2) is 13.2 Å². The molecular formula is C19H18F3N3O5. The van der Waals surface area contributed by atoms with Gasteiger partial charge in [0.1, 0.15) is 6.54 Å². The van der Waals surface area contributed by atoms with Gasteiger partial charge in [-0.2, -0.15) is 0 Å². The van der Waals surface area contributed by atoms with Crippen LogP contribution in [0, 0.1) is 27.6 Å². The van der Waals surface area contributed by atoms with E-state index >= 15 is 0 Å². The van der Waals surface area contributed by atoms with Crippen molar-refractivity contribution in [3.63, 3.8) is 0 Å². The molecule has 11 heteroatoms. The summed E-state index contributed by atoms with van der Waals surface area (Å²) >= 11 is 0. The van der Waals surface area contributed by atoms with Gasteiger partial charge in [-0.1, -0.05) is 6.92 Å². The van der Waals surface area contributed by atoms with Gasteiger partial charge in [-0.15, -0.1) is 0 Å². The minimum Gasteiger partial charge on any atom is -0.490 e. The summed E-state index contributed by atoms with van der Waals surface area (Å²) in [5.74, 6) is -6.28. The molecule has 0 heterocycles. The van der Waals surface area contributed by atoms with Gasteiger partial charge in [0.05, 0.1) is 17.7 Å². The molecule has 0 radical (unpaired) electrons. The number of hydrogen-bond donors (Lipinski definition) is 1. The summed E-state index contributed by atoms with van der Waals surface area (Å²) in [5.41, 5.74) is -1.06. The minimum absolute atomic E-state index is 0.0369. The predicted molar refractivity (Wildman–Crippen MR) is 101 cm³/mol. The number of nitrogens with zero attached hydrogens (tertiary/aromatic N) is 2. The van der Waals surface area contributed by atoms with E-state index in [0.717, 1.165) is 17.0 Å². The highest BCUT2D eigenvalue weighted by Crippen LogP contribution is 2.28. The minimum atomic E-state index is -1.74. The Bertz CT molecular complexity index is 984. The Kier molecular flexibility index (Phi) is 7.34. The summed E-state index contributed by atoms with van der Waals surface area (Å²) in [7, 11) is 1.25. The Morgan fingerprint density at radius 2 is 1.87 bits per heavy atom. The molecule has 0 fully saturated rings. The summed E-state index contributed by atoms with van der Waals surface area (Å²) in [5, 5.41) is 13.2. The van der Waals surface area contributed by atoms with E-state index < -0.39 is 52.1 Å². The lowest BCUT2D eigenvalue weighted by atomic mass is 10.1. The largest absolute Gasteiger partial charge is 0.490 e. The third-order valence-corrected chi connectivity index (χ3v) is 4.05. The van der Waals surface area contributed by atoms with Crippen LogP contribution in [0.15, 0.2) is 30.3 Å². The molecule has 0 unspecified atom stereocenters. The molecule has 2 rings (SSSR count). The van der Waals surface area contributed by atoms with Crippen LogP contribution in [0.25, 0.3) is 0 Å². The summed E-state index contributed by atoms with van der Waals surface area (Å²) in [6, 6.07) is 5.09. The maximum atomic E-state index is 13.7. The van der Waals surface area contributed by atoms with Crippen LogP contribution >= 0.6 is 0 Å². The van der Waals surface area contributed by atoms with Crippen LogP contribution in [0.5, 0.6) is 5.75 Å². The zero-order valence-corrected chi connectivity index (χ0v) is 16.1. The molecule has 1 N–H and O–H groups in total. The molecule has 0 aliphatic carbocycles. The van der Waals surface area contributed by atoms with E-state index in [1.54, 1.807) is 6.92 Å². The normalized spacial score (nSPS) is 10.4. The third kappa shape index (κ3) is 5.04. The fourth-order valence-corrected chi connectivity index (χ4v) is 2.66. The van der Waals surface area contributed by atoms with Crippen LogP contribution in [0.3, 0.4) is 0 Å². The van der Waals surface area contributed by atoms with Crippen molar-refractivity contribution in [1.82, 2.24) is 4.90 Å². The van der Waals surface area contributed by atoms with Crippen LogP contribution in [0.2, 0.25) is 0 Å². The Hall–Kier alpha value is -3.63. The van der Waals surface area contributed by atoms with Gasteiger partial charge in [0.15, 0.2) is 23.2 Å². The van der Waals surface area contributed by atoms with Crippen LogP contribution in [-0.4, -0.2) is 41.8 Å². The Labute approximate surface area is 169 Å². The number of amides is 2. The van der Waals surface area contributed by atoms with Crippen molar-refractivity contribution in [1.29, 1.82) is 0 Å². The average Bonchev–Trinajstić information content (AvgIpc) is 2.72. The van der Waals surface area contributed by atoms with Crippen molar-refractivity contribution < 1.29 is 32.4 Å². The second-order valence-corrected chi connectivity index (χ2v) is 6.14. The number of carbonyl (C=O) groups is 2. The Morgan fingerprint density at radius 3 is 2.47 bits per heavy atom. The molecule has 0 aromatic heterocycles. The molecule has 0 saturated heterocycles. The molecule has 0 aliphatic rings. The highest BCUT2D eigenvalue weighted by Gasteiger charge is 2.24. The molecule has 2 aromatic carbocycles. The molecule has 0 saturated carbocycles. The number of nitrogens with one attached hydrogen (secondary N) is 1. The van der Waals surface area contributed by atoms with Gasteiger partial charge in [-0.05, 0) is 30.7 Å². The standard InChI is InChI=1S/C19H18F3N3O5/c1-3-8-24(10-16(26)23-13-6-5-12(20)17(21)18(13)22)19(27)11-4-7-15(30-2)14(9-11)25(28)29/h4-7,9H,3,8,10H2,1-2H3,(H,23,26). The third-order valence-electron chi connectivity index (χ3n) is 4.05. The number of anilines is 1. The molecule has 0 aliphatic heterocycles. The average molecular weight is 425 g/mol. The second kappa shape index (κ2) is 9.72. The molecule has 2 amide bonds. The number of hydrogen-bond acceptors (Lipinski definition) is 5. The highest BCUT2D eigenvalue weighted by atomic mass is 19.2. The zero-order valence-electron chi connectivity index (χ0n) is 16.1. The molecule has 30 heavy (non-hydrogen) atoms. The number of nitro groups is 1. The lowest BCUT2D eigenvalue weighted by molar-refractivity contribution is -0.385. The van der Waals surface area contributed by atoms with Crippen molar-refractivity contribution in [3.8, 4) is 5.75 Å². The fourth-order valence-electron chi connectivity index (χ4n) is 2.66. The first-order chi connectivity index (χ1) is 14.2. The van der Waals surface area contributed by atoms with E-state index in [1.807, 2.05) is 0 Å². The van der Waals surface area contributed by atoms with E-state index in [0.29, 0.717) is 12.5 Å². The van der Waals surface area contributed by atoms with Gasteiger partial charge >= 0.3 is 5.69 Å². The van der Waals surface area contributed by atoms with E-state index in [9.17, 15) is 32.9 Å². The van der Waals surface area contributed by atoms with Crippen LogP contribution in [-0.2, 0) is 4.79 Å². The zero-order chi connectivity index (χ0) is 22.4. The number of ether oxygens (including phenoxy) is 1. The predicted octanol–water partition coefficient (Wildman–Crippen LogP) is 3.51. The van der Waals surface area contributed by atoms with Crippen molar-refractivity contribution in [2.45, 2.75) is 13.3 Å². The number of halogens is 3. The van der Waals surface area contributed by atoms with Gasteiger partial charge in [0.25, 0.3) is 5.91 Å². The monoisotopic (exact) mass is 425 g/mol. The highest BCUT2D eigenvalue weighted by molar-refractivity contribution is 6.00. The molecule has 160 valence electrons. The van der Waals surface area contributed by atoms with Crippen molar-refractivity contribution >= 4 is 23.2 Å². The lowest BCUT2D eigenvalue weighted by Crippen LogP contribution is -2.38. The van der Waals surface area contributed by atoms with Crippen molar-refractivity contribution in [3.05, 3.63) is 63.5 Å². The summed E-state index contributed by atoms with van der Waals surface area (Å²) in [6.45, 7) is 1.32. The molecule has 0 spiro atoms.